The number of carbonyl (C=O) groups excluding carboxylic acids is 1. The molecule has 0 saturated carbocycles. The number of carbonyl (C=O) groups is 1. The number of aryl methyl sites for hydroxylation is 2. The number of hydrogen-bond acceptors (Lipinski definition) is 3. The SMILES string of the molecule is Cc1nn(C)cc1CNCCC(=O)NCC(C)C. The first-order chi connectivity index (χ1) is 8.49. The maximum atomic E-state index is 11.5. The van der Waals surface area contributed by atoms with Crippen LogP contribution in [0.15, 0.2) is 6.20 Å². The Kier molecular flexibility index (Phi) is 5.85. The predicted octanol–water partition coefficient (Wildman–Crippen LogP) is 0.980. The van der Waals surface area contributed by atoms with Gasteiger partial charge in [-0.1, -0.05) is 13.8 Å². The summed E-state index contributed by atoms with van der Waals surface area (Å²) in [6.45, 7) is 8.37. The fraction of sp³-hybridized carbons (Fsp3) is 0.692. The largest absolute Gasteiger partial charge is 0.356 e. The molecule has 5 nitrogen and oxygen atoms in total. The Labute approximate surface area is 109 Å². The first kappa shape index (κ1) is 14.7. The van der Waals surface area contributed by atoms with Crippen LogP contribution in [-0.4, -0.2) is 28.8 Å². The molecule has 0 spiro atoms. The number of amides is 1. The molecule has 0 atom stereocenters. The van der Waals surface area contributed by atoms with E-state index in [1.54, 1.807) is 0 Å². The Morgan fingerprint density at radius 1 is 1.50 bits per heavy atom. The van der Waals surface area contributed by atoms with Gasteiger partial charge in [0.25, 0.3) is 0 Å². The summed E-state index contributed by atoms with van der Waals surface area (Å²) in [4.78, 5) is 11.5. The third-order valence-corrected chi connectivity index (χ3v) is 2.67. The highest BCUT2D eigenvalue weighted by molar-refractivity contribution is 5.76. The highest BCUT2D eigenvalue weighted by Crippen LogP contribution is 2.03. The minimum atomic E-state index is 0.110. The summed E-state index contributed by atoms with van der Waals surface area (Å²) in [7, 11) is 1.91. The lowest BCUT2D eigenvalue weighted by Gasteiger charge is -2.08. The normalized spacial score (nSPS) is 10.9. The molecule has 102 valence electrons. The Bertz CT molecular complexity index is 384. The molecule has 2 N–H and O–H groups in total. The fourth-order valence-corrected chi connectivity index (χ4v) is 1.65. The number of hydrogen-bond donors (Lipinski definition) is 2. The first-order valence-electron chi connectivity index (χ1n) is 6.45. The molecule has 0 aliphatic carbocycles. The molecular formula is C13H24N4O. The van der Waals surface area contributed by atoms with Gasteiger partial charge in [-0.15, -0.1) is 0 Å². The zero-order valence-electron chi connectivity index (χ0n) is 11.8. The second-order valence-electron chi connectivity index (χ2n) is 5.04. The summed E-state index contributed by atoms with van der Waals surface area (Å²) in [5.41, 5.74) is 2.22. The van der Waals surface area contributed by atoms with Gasteiger partial charge in [-0.25, -0.2) is 0 Å². The Hall–Kier alpha value is -1.36. The Morgan fingerprint density at radius 2 is 2.22 bits per heavy atom. The number of nitrogens with one attached hydrogen (secondary N) is 2. The third-order valence-electron chi connectivity index (χ3n) is 2.67. The lowest BCUT2D eigenvalue weighted by molar-refractivity contribution is -0.121. The molecule has 0 aliphatic heterocycles. The van der Waals surface area contributed by atoms with Gasteiger partial charge in [0.1, 0.15) is 0 Å². The van der Waals surface area contributed by atoms with Gasteiger partial charge in [-0.2, -0.15) is 5.10 Å². The quantitative estimate of drug-likeness (QED) is 0.711. The van der Waals surface area contributed by atoms with Crippen molar-refractivity contribution in [1.29, 1.82) is 0 Å². The molecule has 0 saturated heterocycles. The summed E-state index contributed by atoms with van der Waals surface area (Å²) >= 11 is 0. The lowest BCUT2D eigenvalue weighted by Crippen LogP contribution is -2.30. The van der Waals surface area contributed by atoms with Gasteiger partial charge in [0.15, 0.2) is 0 Å². The van der Waals surface area contributed by atoms with Crippen LogP contribution in [-0.2, 0) is 18.4 Å². The standard InChI is InChI=1S/C13H24N4O/c1-10(2)7-15-13(18)5-6-14-8-12-9-17(4)16-11(12)3/h9-10,14H,5-8H2,1-4H3,(H,15,18). The second kappa shape index (κ2) is 7.16. The highest BCUT2D eigenvalue weighted by Gasteiger charge is 2.04. The molecule has 1 amide bonds. The molecule has 5 heteroatoms. The summed E-state index contributed by atoms with van der Waals surface area (Å²) in [5, 5.41) is 10.4. The molecule has 0 unspecified atom stereocenters. The van der Waals surface area contributed by atoms with E-state index >= 15 is 0 Å². The van der Waals surface area contributed by atoms with E-state index in [4.69, 9.17) is 0 Å². The van der Waals surface area contributed by atoms with Crippen molar-refractivity contribution in [2.75, 3.05) is 13.1 Å². The van der Waals surface area contributed by atoms with Crippen molar-refractivity contribution in [2.24, 2.45) is 13.0 Å². The monoisotopic (exact) mass is 252 g/mol. The van der Waals surface area contributed by atoms with Gasteiger partial charge in [0, 0.05) is 44.9 Å². The van der Waals surface area contributed by atoms with E-state index in [9.17, 15) is 4.79 Å². The smallest absolute Gasteiger partial charge is 0.221 e. The highest BCUT2D eigenvalue weighted by atomic mass is 16.1. The number of aromatic nitrogens is 2. The van der Waals surface area contributed by atoms with Gasteiger partial charge in [0.05, 0.1) is 5.69 Å². The van der Waals surface area contributed by atoms with E-state index in [1.807, 2.05) is 24.9 Å². The van der Waals surface area contributed by atoms with Crippen LogP contribution in [0.2, 0.25) is 0 Å². The molecule has 0 aromatic carbocycles. The molecule has 1 aromatic rings. The molecular weight excluding hydrogens is 228 g/mol. The minimum Gasteiger partial charge on any atom is -0.356 e. The van der Waals surface area contributed by atoms with E-state index in [0.717, 1.165) is 18.8 Å². The van der Waals surface area contributed by atoms with E-state index < -0.39 is 0 Å². The van der Waals surface area contributed by atoms with E-state index in [1.165, 1.54) is 5.56 Å². The van der Waals surface area contributed by atoms with Gasteiger partial charge < -0.3 is 10.6 Å². The van der Waals surface area contributed by atoms with Crippen LogP contribution in [0.4, 0.5) is 0 Å². The fourth-order valence-electron chi connectivity index (χ4n) is 1.65. The van der Waals surface area contributed by atoms with Crippen LogP contribution >= 0.6 is 0 Å². The number of nitrogens with zero attached hydrogens (tertiary/aromatic N) is 2. The summed E-state index contributed by atoms with van der Waals surface area (Å²) in [5.74, 6) is 0.610. The maximum Gasteiger partial charge on any atom is 0.221 e. The van der Waals surface area contributed by atoms with Gasteiger partial charge in [-0.3, -0.25) is 9.48 Å². The maximum absolute atomic E-state index is 11.5. The van der Waals surface area contributed by atoms with Crippen molar-refractivity contribution in [3.8, 4) is 0 Å². The van der Waals surface area contributed by atoms with Crippen LogP contribution in [0.3, 0.4) is 0 Å². The van der Waals surface area contributed by atoms with Crippen molar-refractivity contribution in [1.82, 2.24) is 20.4 Å². The van der Waals surface area contributed by atoms with Crippen molar-refractivity contribution in [3.05, 3.63) is 17.5 Å². The lowest BCUT2D eigenvalue weighted by atomic mass is 10.2. The van der Waals surface area contributed by atoms with Crippen LogP contribution < -0.4 is 10.6 Å². The summed E-state index contributed by atoms with van der Waals surface area (Å²) < 4.78 is 1.81. The molecule has 0 radical (unpaired) electrons. The van der Waals surface area contributed by atoms with Crippen LogP contribution in [0, 0.1) is 12.8 Å². The minimum absolute atomic E-state index is 0.110. The van der Waals surface area contributed by atoms with Crippen molar-refractivity contribution in [2.45, 2.75) is 33.7 Å². The molecule has 0 fully saturated rings. The average Bonchev–Trinajstić information content (AvgIpc) is 2.60. The van der Waals surface area contributed by atoms with Crippen LogP contribution in [0.1, 0.15) is 31.5 Å². The van der Waals surface area contributed by atoms with Crippen LogP contribution in [0.5, 0.6) is 0 Å². The predicted molar refractivity (Wildman–Crippen MR) is 72.1 cm³/mol. The molecule has 18 heavy (non-hydrogen) atoms. The molecule has 1 aromatic heterocycles. The van der Waals surface area contributed by atoms with Crippen molar-refractivity contribution >= 4 is 5.91 Å². The van der Waals surface area contributed by atoms with Gasteiger partial charge in [-0.05, 0) is 12.8 Å². The second-order valence-corrected chi connectivity index (χ2v) is 5.04. The number of rotatable bonds is 7. The zero-order valence-corrected chi connectivity index (χ0v) is 11.8. The Balaban J connectivity index is 2.15. The van der Waals surface area contributed by atoms with E-state index in [0.29, 0.717) is 18.9 Å². The van der Waals surface area contributed by atoms with Gasteiger partial charge >= 0.3 is 0 Å². The average molecular weight is 252 g/mol. The van der Waals surface area contributed by atoms with E-state index in [2.05, 4.69) is 29.6 Å². The topological polar surface area (TPSA) is 59.0 Å². The van der Waals surface area contributed by atoms with Crippen molar-refractivity contribution < 1.29 is 4.79 Å². The molecule has 0 bridgehead atoms. The molecule has 0 aliphatic rings. The van der Waals surface area contributed by atoms with E-state index in [-0.39, 0.29) is 5.91 Å². The molecule has 1 heterocycles. The Morgan fingerprint density at radius 3 is 2.78 bits per heavy atom. The summed E-state index contributed by atoms with van der Waals surface area (Å²) in [6, 6.07) is 0. The van der Waals surface area contributed by atoms with Gasteiger partial charge in [0.2, 0.25) is 5.91 Å². The van der Waals surface area contributed by atoms with Crippen molar-refractivity contribution in [3.63, 3.8) is 0 Å². The third kappa shape index (κ3) is 5.31. The first-order valence-corrected chi connectivity index (χ1v) is 6.45. The summed E-state index contributed by atoms with van der Waals surface area (Å²) in [6.07, 6.45) is 2.52. The molecule has 1 rings (SSSR count). The van der Waals surface area contributed by atoms with Crippen LogP contribution in [0.25, 0.3) is 0 Å². The zero-order chi connectivity index (χ0) is 13.5.